The van der Waals surface area contributed by atoms with E-state index in [1.54, 1.807) is 18.2 Å². The number of halogens is 2. The second kappa shape index (κ2) is 13.5. The van der Waals surface area contributed by atoms with Crippen molar-refractivity contribution < 1.29 is 23.5 Å². The minimum Gasteiger partial charge on any atom is -0.473 e. The monoisotopic (exact) mass is 759 g/mol. The van der Waals surface area contributed by atoms with Crippen LogP contribution in [0.15, 0.2) is 72.8 Å². The number of nitrogens with one attached hydrogen (secondary N) is 2. The van der Waals surface area contributed by atoms with Crippen LogP contribution in [0.25, 0.3) is 16.6 Å². The second-order valence-corrected chi connectivity index (χ2v) is 16.1. The summed E-state index contributed by atoms with van der Waals surface area (Å²) >= 11 is 5.89. The number of carbonyl (C=O) groups excluding carboxylic acids is 2. The molecule has 9 rings (SSSR count). The first-order valence-corrected chi connectivity index (χ1v) is 19.1. The van der Waals surface area contributed by atoms with E-state index < -0.39 is 16.5 Å². The van der Waals surface area contributed by atoms with Crippen LogP contribution in [-0.4, -0.2) is 66.4 Å². The van der Waals surface area contributed by atoms with Crippen molar-refractivity contribution in [2.75, 3.05) is 30.3 Å². The normalized spacial score (nSPS) is 20.0. The van der Waals surface area contributed by atoms with Gasteiger partial charge in [-0.25, -0.2) is 14.4 Å². The van der Waals surface area contributed by atoms with E-state index >= 15 is 0 Å². The van der Waals surface area contributed by atoms with Gasteiger partial charge in [0.1, 0.15) is 18.2 Å². The smallest absolute Gasteiger partial charge is 0.255 e. The summed E-state index contributed by atoms with van der Waals surface area (Å²) in [5.74, 6) is 0.727. The van der Waals surface area contributed by atoms with E-state index in [1.807, 2.05) is 49.4 Å². The number of amides is 2. The maximum absolute atomic E-state index is 14.3. The molecule has 3 aliphatic heterocycles. The van der Waals surface area contributed by atoms with Crippen molar-refractivity contribution in [2.24, 2.45) is 0 Å². The van der Waals surface area contributed by atoms with E-state index in [9.17, 15) is 14.0 Å². The van der Waals surface area contributed by atoms with E-state index in [1.165, 1.54) is 6.07 Å². The number of ether oxygens (including phenoxy) is 2. The minimum absolute atomic E-state index is 0.0516. The van der Waals surface area contributed by atoms with Gasteiger partial charge in [0.05, 0.1) is 44.2 Å². The standard InChI is InChI=1S/C41H37ClFN6O4Si/c1-24-17-29(20-30-37(24)47-39(51)40(30)11-12-40)44-38(50)26-6-8-33-34(18-26)49(23-41(54)13-16-53-41)35(45-33)21-48-14-9-25(10-15-48)32-3-2-4-36(46-32)52-22-27-5-7-28(42)19-31(27)43/h2-9,17-20H,10-16,21-23H2,1H3,(H,44,50)(H,47,51)/t41-/m1/s1. The Balaban J connectivity index is 0.917. The Bertz CT molecular complexity index is 2390. The van der Waals surface area contributed by atoms with E-state index in [0.29, 0.717) is 54.0 Å². The Morgan fingerprint density at radius 3 is 2.70 bits per heavy atom. The summed E-state index contributed by atoms with van der Waals surface area (Å²) in [4.78, 5) is 38.4. The van der Waals surface area contributed by atoms with Crippen molar-refractivity contribution in [3.63, 3.8) is 0 Å². The van der Waals surface area contributed by atoms with Crippen LogP contribution in [0.3, 0.4) is 0 Å². The number of rotatable bonds is 10. The molecule has 1 spiro atoms. The SMILES string of the molecule is Cc1cc(NC(=O)c2ccc3nc(CN4CC=C(c5cccc(OCc6ccc(Cl)cc6F)n5)CC4)n(C[C@]4([Si])CCO4)c3c2)cc2c1NC(=O)C21CC1. The van der Waals surface area contributed by atoms with Crippen LogP contribution in [0, 0.1) is 12.7 Å². The molecule has 5 aromatic rings. The third-order valence-electron chi connectivity index (χ3n) is 11.0. The predicted octanol–water partition coefficient (Wildman–Crippen LogP) is 6.92. The Morgan fingerprint density at radius 1 is 1.11 bits per heavy atom. The van der Waals surface area contributed by atoms with Gasteiger partial charge >= 0.3 is 0 Å². The molecule has 13 heteroatoms. The average molecular weight is 760 g/mol. The second-order valence-electron chi connectivity index (χ2n) is 14.7. The number of benzene rings is 3. The molecule has 2 aromatic heterocycles. The van der Waals surface area contributed by atoms with Crippen LogP contribution in [0.5, 0.6) is 5.88 Å². The van der Waals surface area contributed by atoms with Crippen LogP contribution in [-0.2, 0) is 34.6 Å². The van der Waals surface area contributed by atoms with Gasteiger partial charge in [-0.05, 0) is 97.8 Å². The summed E-state index contributed by atoms with van der Waals surface area (Å²) in [7, 11) is 3.86. The molecule has 273 valence electrons. The summed E-state index contributed by atoms with van der Waals surface area (Å²) in [6, 6.07) is 19.6. The van der Waals surface area contributed by atoms with Gasteiger partial charge < -0.3 is 24.7 Å². The van der Waals surface area contributed by atoms with Crippen molar-refractivity contribution >= 4 is 61.6 Å². The zero-order chi connectivity index (χ0) is 37.2. The fraction of sp³-hybridized carbons (Fsp3) is 0.317. The number of fused-ring (bicyclic) bond motifs is 3. The molecule has 4 aliphatic rings. The van der Waals surface area contributed by atoms with Gasteiger partial charge in [-0.2, -0.15) is 0 Å². The topological polar surface area (TPSA) is 111 Å². The highest BCUT2D eigenvalue weighted by molar-refractivity contribution is 6.30. The molecule has 1 saturated heterocycles. The van der Waals surface area contributed by atoms with Gasteiger partial charge in [-0.3, -0.25) is 14.5 Å². The predicted molar refractivity (Wildman–Crippen MR) is 205 cm³/mol. The minimum atomic E-state index is -0.500. The molecule has 3 aromatic carbocycles. The molecule has 1 atom stereocenters. The van der Waals surface area contributed by atoms with Crippen molar-refractivity contribution in [2.45, 2.75) is 62.9 Å². The molecule has 3 radical (unpaired) electrons. The highest BCUT2D eigenvalue weighted by Gasteiger charge is 2.56. The Kier molecular flexibility index (Phi) is 8.68. The molecular weight excluding hydrogens is 723 g/mol. The van der Waals surface area contributed by atoms with Crippen molar-refractivity contribution in [3.8, 4) is 5.88 Å². The van der Waals surface area contributed by atoms with Crippen LogP contribution < -0.4 is 15.4 Å². The Morgan fingerprint density at radius 2 is 1.96 bits per heavy atom. The summed E-state index contributed by atoms with van der Waals surface area (Å²) < 4.78 is 28.2. The van der Waals surface area contributed by atoms with Crippen LogP contribution in [0.4, 0.5) is 15.8 Å². The first kappa shape index (κ1) is 34.9. The van der Waals surface area contributed by atoms with E-state index in [4.69, 9.17) is 31.0 Å². The van der Waals surface area contributed by atoms with Gasteiger partial charge in [0.15, 0.2) is 0 Å². The third-order valence-corrected chi connectivity index (χ3v) is 11.8. The number of aromatic nitrogens is 3. The van der Waals surface area contributed by atoms with E-state index in [0.717, 1.165) is 77.2 Å². The molecule has 1 saturated carbocycles. The highest BCUT2D eigenvalue weighted by Crippen LogP contribution is 2.56. The quantitative estimate of drug-likeness (QED) is 0.149. The molecule has 2 amide bonds. The van der Waals surface area contributed by atoms with Crippen LogP contribution in [0.2, 0.25) is 5.02 Å². The number of pyridine rings is 1. The zero-order valence-electron chi connectivity index (χ0n) is 29.7. The largest absolute Gasteiger partial charge is 0.473 e. The van der Waals surface area contributed by atoms with E-state index in [-0.39, 0.29) is 18.4 Å². The summed E-state index contributed by atoms with van der Waals surface area (Å²) in [5.41, 5.74) is 7.55. The summed E-state index contributed by atoms with van der Waals surface area (Å²) in [6.45, 7) is 5.33. The number of carbonyl (C=O) groups is 2. The van der Waals surface area contributed by atoms with Crippen LogP contribution >= 0.6 is 11.6 Å². The van der Waals surface area contributed by atoms with Crippen LogP contribution in [0.1, 0.15) is 64.2 Å². The van der Waals surface area contributed by atoms with Gasteiger partial charge in [-0.15, -0.1) is 0 Å². The highest BCUT2D eigenvalue weighted by atomic mass is 35.5. The number of nitrogens with zero attached hydrogens (tertiary/aromatic N) is 4. The maximum Gasteiger partial charge on any atom is 0.255 e. The lowest BCUT2D eigenvalue weighted by Gasteiger charge is -2.39. The van der Waals surface area contributed by atoms with Crippen molar-refractivity contribution in [3.05, 3.63) is 117 Å². The van der Waals surface area contributed by atoms with Gasteiger partial charge in [-0.1, -0.05) is 29.8 Å². The number of anilines is 2. The fourth-order valence-corrected chi connectivity index (χ4v) is 8.20. The van der Waals surface area contributed by atoms with Crippen molar-refractivity contribution in [1.29, 1.82) is 0 Å². The average Bonchev–Trinajstić information content (AvgIpc) is 3.83. The summed E-state index contributed by atoms with van der Waals surface area (Å²) in [6.07, 6.45) is 5.49. The number of hydrogen-bond acceptors (Lipinski definition) is 7. The molecule has 5 heterocycles. The zero-order valence-corrected chi connectivity index (χ0v) is 31.4. The molecule has 54 heavy (non-hydrogen) atoms. The molecule has 1 aliphatic carbocycles. The molecule has 0 bridgehead atoms. The lowest BCUT2D eigenvalue weighted by molar-refractivity contribution is -0.117. The molecule has 2 N–H and O–H groups in total. The van der Waals surface area contributed by atoms with Gasteiger partial charge in [0.25, 0.3) is 5.91 Å². The first-order valence-electron chi connectivity index (χ1n) is 18.2. The molecular formula is C41H37ClFN6O4Si. The van der Waals surface area contributed by atoms with Gasteiger partial charge in [0.2, 0.25) is 11.8 Å². The Hall–Kier alpha value is -4.88. The lowest BCUT2D eigenvalue weighted by atomic mass is 9.95. The van der Waals surface area contributed by atoms with Gasteiger partial charge in [0, 0.05) is 59.8 Å². The third kappa shape index (κ3) is 6.50. The fourth-order valence-electron chi connectivity index (χ4n) is 7.67. The van der Waals surface area contributed by atoms with E-state index in [2.05, 4.69) is 36.4 Å². The molecule has 0 unspecified atom stereocenters. The first-order chi connectivity index (χ1) is 26.1. The maximum atomic E-state index is 14.3. The molecule has 10 nitrogen and oxygen atoms in total. The summed E-state index contributed by atoms with van der Waals surface area (Å²) in [5, 5.41) is 5.96. The Labute approximate surface area is 320 Å². The number of aryl methyl sites for hydroxylation is 1. The van der Waals surface area contributed by atoms with Crippen molar-refractivity contribution in [1.82, 2.24) is 19.4 Å². The molecule has 2 fully saturated rings. The lowest BCUT2D eigenvalue weighted by Crippen LogP contribution is -2.48. The number of hydrogen-bond donors (Lipinski definition) is 2. The number of imidazole rings is 1.